The van der Waals surface area contributed by atoms with Crippen molar-refractivity contribution in [2.24, 2.45) is 0 Å². The molecule has 5 heteroatoms. The maximum atomic E-state index is 6.17. The minimum absolute atomic E-state index is 0.743. The third kappa shape index (κ3) is 4.91. The van der Waals surface area contributed by atoms with E-state index in [9.17, 15) is 0 Å². The Bertz CT molecular complexity index is 1240. The number of nitrogens with zero attached hydrogens (tertiary/aromatic N) is 1. The molecule has 2 heterocycles. The summed E-state index contributed by atoms with van der Waals surface area (Å²) in [6.45, 7) is 4.34. The number of thiophene rings is 1. The van der Waals surface area contributed by atoms with Gasteiger partial charge in [0.2, 0.25) is 0 Å². The SMILES string of the molecule is COc1ccc(-c2sc3cc(OC)ccc3c2-c2cccc(OCCCN3CCCC3)c2)cc1. The van der Waals surface area contributed by atoms with E-state index in [1.54, 1.807) is 25.6 Å². The van der Waals surface area contributed by atoms with E-state index >= 15 is 0 Å². The summed E-state index contributed by atoms with van der Waals surface area (Å²) < 4.78 is 18.2. The van der Waals surface area contributed by atoms with Gasteiger partial charge in [-0.2, -0.15) is 0 Å². The largest absolute Gasteiger partial charge is 0.497 e. The highest BCUT2D eigenvalue weighted by molar-refractivity contribution is 7.23. The zero-order valence-corrected chi connectivity index (χ0v) is 20.7. The molecule has 0 aliphatic carbocycles. The highest BCUT2D eigenvalue weighted by Gasteiger charge is 2.17. The minimum atomic E-state index is 0.743. The molecule has 4 aromatic rings. The number of rotatable bonds is 9. The van der Waals surface area contributed by atoms with E-state index in [1.165, 1.54) is 57.6 Å². The van der Waals surface area contributed by atoms with Gasteiger partial charge in [0.15, 0.2) is 0 Å². The van der Waals surface area contributed by atoms with E-state index < -0.39 is 0 Å². The van der Waals surface area contributed by atoms with Crippen molar-refractivity contribution in [3.63, 3.8) is 0 Å². The second kappa shape index (κ2) is 10.5. The van der Waals surface area contributed by atoms with Gasteiger partial charge < -0.3 is 19.1 Å². The Balaban J connectivity index is 1.46. The molecule has 3 aromatic carbocycles. The summed E-state index contributed by atoms with van der Waals surface area (Å²) in [5.41, 5.74) is 3.57. The van der Waals surface area contributed by atoms with Crippen LogP contribution in [0.2, 0.25) is 0 Å². The van der Waals surface area contributed by atoms with Gasteiger partial charge in [0.25, 0.3) is 0 Å². The van der Waals surface area contributed by atoms with Gasteiger partial charge in [0.1, 0.15) is 17.2 Å². The molecule has 1 saturated heterocycles. The van der Waals surface area contributed by atoms with Crippen LogP contribution in [-0.2, 0) is 0 Å². The molecular weight excluding hydrogens is 442 g/mol. The van der Waals surface area contributed by atoms with Crippen molar-refractivity contribution >= 4 is 21.4 Å². The highest BCUT2D eigenvalue weighted by atomic mass is 32.1. The molecule has 0 radical (unpaired) electrons. The minimum Gasteiger partial charge on any atom is -0.497 e. The number of fused-ring (bicyclic) bond motifs is 1. The van der Waals surface area contributed by atoms with E-state index in [0.717, 1.165) is 36.8 Å². The molecule has 0 spiro atoms. The fraction of sp³-hybridized carbons (Fsp3) is 0.310. The summed E-state index contributed by atoms with van der Waals surface area (Å²) in [5.74, 6) is 2.65. The molecule has 1 fully saturated rings. The Morgan fingerprint density at radius 2 is 1.56 bits per heavy atom. The normalized spacial score (nSPS) is 13.9. The van der Waals surface area contributed by atoms with Crippen LogP contribution >= 0.6 is 11.3 Å². The summed E-state index contributed by atoms with van der Waals surface area (Å²) in [7, 11) is 3.41. The molecule has 0 amide bonds. The Morgan fingerprint density at radius 3 is 2.32 bits per heavy atom. The van der Waals surface area contributed by atoms with Crippen molar-refractivity contribution in [3.8, 4) is 38.8 Å². The van der Waals surface area contributed by atoms with E-state index in [0.29, 0.717) is 0 Å². The van der Waals surface area contributed by atoms with Gasteiger partial charge >= 0.3 is 0 Å². The van der Waals surface area contributed by atoms with Crippen LogP contribution in [0.1, 0.15) is 19.3 Å². The third-order valence-corrected chi connectivity index (χ3v) is 7.66. The van der Waals surface area contributed by atoms with E-state index in [4.69, 9.17) is 14.2 Å². The van der Waals surface area contributed by atoms with Gasteiger partial charge in [0, 0.05) is 27.1 Å². The van der Waals surface area contributed by atoms with Crippen LogP contribution < -0.4 is 14.2 Å². The number of methoxy groups -OCH3 is 2. The topological polar surface area (TPSA) is 30.9 Å². The summed E-state index contributed by atoms with van der Waals surface area (Å²) in [6, 6.07) is 23.1. The van der Waals surface area contributed by atoms with Gasteiger partial charge in [-0.25, -0.2) is 0 Å². The smallest absolute Gasteiger partial charge is 0.120 e. The fourth-order valence-electron chi connectivity index (χ4n) is 4.66. The third-order valence-electron chi connectivity index (χ3n) is 6.46. The lowest BCUT2D eigenvalue weighted by molar-refractivity contribution is 0.263. The lowest BCUT2D eigenvalue weighted by Gasteiger charge is -2.15. The highest BCUT2D eigenvalue weighted by Crippen LogP contribution is 2.46. The summed E-state index contributed by atoms with van der Waals surface area (Å²) in [6.07, 6.45) is 3.72. The summed E-state index contributed by atoms with van der Waals surface area (Å²) in [5, 5.41) is 1.22. The first-order valence-corrected chi connectivity index (χ1v) is 12.8. The molecule has 34 heavy (non-hydrogen) atoms. The van der Waals surface area contributed by atoms with Gasteiger partial charge in [-0.3, -0.25) is 0 Å². The first-order valence-electron chi connectivity index (χ1n) is 12.0. The van der Waals surface area contributed by atoms with Crippen molar-refractivity contribution in [1.82, 2.24) is 4.90 Å². The second-order valence-electron chi connectivity index (χ2n) is 8.68. The molecule has 0 unspecified atom stereocenters. The monoisotopic (exact) mass is 473 g/mol. The first-order chi connectivity index (χ1) is 16.7. The number of hydrogen-bond acceptors (Lipinski definition) is 5. The number of hydrogen-bond donors (Lipinski definition) is 0. The molecule has 1 aliphatic heterocycles. The molecule has 0 bridgehead atoms. The second-order valence-corrected chi connectivity index (χ2v) is 9.73. The zero-order chi connectivity index (χ0) is 23.3. The van der Waals surface area contributed by atoms with Gasteiger partial charge in [-0.15, -0.1) is 11.3 Å². The molecule has 1 aliphatic rings. The average Bonchev–Trinajstić information content (AvgIpc) is 3.54. The predicted molar refractivity (Wildman–Crippen MR) is 142 cm³/mol. The van der Waals surface area contributed by atoms with Crippen LogP contribution in [0.5, 0.6) is 17.2 Å². The van der Waals surface area contributed by atoms with Crippen molar-refractivity contribution in [3.05, 3.63) is 66.7 Å². The fourth-order valence-corrected chi connectivity index (χ4v) is 5.92. The maximum Gasteiger partial charge on any atom is 0.120 e. The van der Waals surface area contributed by atoms with E-state index in [-0.39, 0.29) is 0 Å². The quantitative estimate of drug-likeness (QED) is 0.242. The molecule has 5 rings (SSSR count). The lowest BCUT2D eigenvalue weighted by Crippen LogP contribution is -2.21. The van der Waals surface area contributed by atoms with Gasteiger partial charge in [-0.05, 0) is 98.1 Å². The lowest BCUT2D eigenvalue weighted by atomic mass is 9.98. The van der Waals surface area contributed by atoms with Crippen molar-refractivity contribution in [1.29, 1.82) is 0 Å². The molecule has 0 saturated carbocycles. The van der Waals surface area contributed by atoms with Crippen molar-refractivity contribution in [2.75, 3.05) is 40.5 Å². The van der Waals surface area contributed by atoms with Crippen LogP contribution in [0.3, 0.4) is 0 Å². The first kappa shape index (κ1) is 22.8. The van der Waals surface area contributed by atoms with Gasteiger partial charge in [0.05, 0.1) is 20.8 Å². The predicted octanol–water partition coefficient (Wildman–Crippen LogP) is 7.12. The average molecular weight is 474 g/mol. The maximum absolute atomic E-state index is 6.17. The van der Waals surface area contributed by atoms with Crippen LogP contribution in [-0.4, -0.2) is 45.4 Å². The number of benzene rings is 3. The van der Waals surface area contributed by atoms with Crippen molar-refractivity contribution < 1.29 is 14.2 Å². The molecule has 4 nitrogen and oxygen atoms in total. The van der Waals surface area contributed by atoms with E-state index in [1.807, 2.05) is 18.2 Å². The number of ether oxygens (including phenoxy) is 3. The van der Waals surface area contributed by atoms with Crippen LogP contribution in [0.25, 0.3) is 31.7 Å². The van der Waals surface area contributed by atoms with Crippen LogP contribution in [0, 0.1) is 0 Å². The molecule has 176 valence electrons. The zero-order valence-electron chi connectivity index (χ0n) is 19.9. The molecule has 0 atom stereocenters. The Morgan fingerprint density at radius 1 is 0.794 bits per heavy atom. The van der Waals surface area contributed by atoms with E-state index in [2.05, 4.69) is 53.4 Å². The molecule has 1 aromatic heterocycles. The Hall–Kier alpha value is -3.02. The van der Waals surface area contributed by atoms with Crippen molar-refractivity contribution in [2.45, 2.75) is 19.3 Å². The standard InChI is InChI=1S/C29H31NO3S/c1-31-23-11-9-21(10-12-23)29-28(26-14-13-24(32-2)20-27(26)34-29)22-7-5-8-25(19-22)33-18-6-17-30-15-3-4-16-30/h5,7-14,19-20H,3-4,6,15-18H2,1-2H3. The summed E-state index contributed by atoms with van der Waals surface area (Å²) >= 11 is 1.79. The Kier molecular flexibility index (Phi) is 7.02. The van der Waals surface area contributed by atoms with Crippen LogP contribution in [0.4, 0.5) is 0 Å². The van der Waals surface area contributed by atoms with Gasteiger partial charge in [-0.1, -0.05) is 12.1 Å². The molecule has 0 N–H and O–H groups in total. The number of likely N-dealkylation sites (tertiary alicyclic amines) is 1. The van der Waals surface area contributed by atoms with Crippen LogP contribution in [0.15, 0.2) is 66.7 Å². The molecular formula is C29H31NO3S. The summed E-state index contributed by atoms with van der Waals surface area (Å²) in [4.78, 5) is 3.77. The Labute approximate surface area is 205 Å².